The van der Waals surface area contributed by atoms with E-state index >= 15 is 0 Å². The molecule has 4 unspecified atom stereocenters. The second kappa shape index (κ2) is 7.46. The molecule has 1 aliphatic carbocycles. The standard InChI is InChI=1S/C15H30N2O/c1-12(18)6-5-11-17-15-9-4-7-13(15)14-8-2-3-10-16-14/h12-18H,2-11H2,1H3. The first kappa shape index (κ1) is 14.3. The van der Waals surface area contributed by atoms with E-state index in [2.05, 4.69) is 10.6 Å². The van der Waals surface area contributed by atoms with Crippen LogP contribution in [-0.4, -0.2) is 36.4 Å². The van der Waals surface area contributed by atoms with Crippen molar-refractivity contribution in [1.29, 1.82) is 0 Å². The summed E-state index contributed by atoms with van der Waals surface area (Å²) in [6.45, 7) is 4.17. The van der Waals surface area contributed by atoms with Crippen LogP contribution in [-0.2, 0) is 0 Å². The van der Waals surface area contributed by atoms with Gasteiger partial charge in [-0.25, -0.2) is 0 Å². The van der Waals surface area contributed by atoms with Crippen LogP contribution in [0.5, 0.6) is 0 Å². The van der Waals surface area contributed by atoms with Gasteiger partial charge < -0.3 is 15.7 Å². The zero-order chi connectivity index (χ0) is 12.8. The van der Waals surface area contributed by atoms with Crippen molar-refractivity contribution in [3.05, 3.63) is 0 Å². The summed E-state index contributed by atoms with van der Waals surface area (Å²) in [4.78, 5) is 0. The largest absolute Gasteiger partial charge is 0.393 e. The van der Waals surface area contributed by atoms with Gasteiger partial charge in [0, 0.05) is 12.1 Å². The highest BCUT2D eigenvalue weighted by molar-refractivity contribution is 4.92. The van der Waals surface area contributed by atoms with Gasteiger partial charge in [0.25, 0.3) is 0 Å². The SMILES string of the molecule is CC(O)CCCNC1CCCC1C1CCCCN1. The van der Waals surface area contributed by atoms with Crippen molar-refractivity contribution in [2.45, 2.75) is 76.5 Å². The summed E-state index contributed by atoms with van der Waals surface area (Å²) in [5.74, 6) is 0.844. The lowest BCUT2D eigenvalue weighted by atomic mass is 9.88. The first-order valence-corrected chi connectivity index (χ1v) is 7.92. The summed E-state index contributed by atoms with van der Waals surface area (Å²) in [6.07, 6.45) is 10.1. The van der Waals surface area contributed by atoms with Gasteiger partial charge in [0.15, 0.2) is 0 Å². The second-order valence-corrected chi connectivity index (χ2v) is 6.20. The molecule has 0 bridgehead atoms. The van der Waals surface area contributed by atoms with E-state index in [1.807, 2.05) is 6.92 Å². The summed E-state index contributed by atoms with van der Waals surface area (Å²) in [5.41, 5.74) is 0. The van der Waals surface area contributed by atoms with Crippen LogP contribution in [0.3, 0.4) is 0 Å². The van der Waals surface area contributed by atoms with Crippen LogP contribution in [0.2, 0.25) is 0 Å². The van der Waals surface area contributed by atoms with E-state index in [1.165, 1.54) is 45.1 Å². The summed E-state index contributed by atoms with van der Waals surface area (Å²) in [5, 5.41) is 16.7. The average molecular weight is 254 g/mol. The smallest absolute Gasteiger partial charge is 0.0512 e. The molecule has 0 aromatic carbocycles. The van der Waals surface area contributed by atoms with Gasteiger partial charge in [-0.3, -0.25) is 0 Å². The lowest BCUT2D eigenvalue weighted by Gasteiger charge is -2.33. The minimum atomic E-state index is -0.147. The van der Waals surface area contributed by atoms with Crippen LogP contribution in [0.15, 0.2) is 0 Å². The Kier molecular flexibility index (Phi) is 5.93. The minimum Gasteiger partial charge on any atom is -0.393 e. The Bertz CT molecular complexity index is 227. The lowest BCUT2D eigenvalue weighted by Crippen LogP contribution is -2.47. The molecule has 1 saturated carbocycles. The summed E-state index contributed by atoms with van der Waals surface area (Å²) in [6, 6.07) is 1.48. The summed E-state index contributed by atoms with van der Waals surface area (Å²) >= 11 is 0. The fourth-order valence-electron chi connectivity index (χ4n) is 3.65. The van der Waals surface area contributed by atoms with Crippen molar-refractivity contribution in [2.24, 2.45) is 5.92 Å². The van der Waals surface area contributed by atoms with Gasteiger partial charge in [-0.2, -0.15) is 0 Å². The Hall–Kier alpha value is -0.120. The number of aliphatic hydroxyl groups is 1. The maximum absolute atomic E-state index is 9.26. The van der Waals surface area contributed by atoms with Gasteiger partial charge in [-0.05, 0) is 64.5 Å². The van der Waals surface area contributed by atoms with Gasteiger partial charge in [-0.1, -0.05) is 12.8 Å². The molecule has 4 atom stereocenters. The predicted molar refractivity (Wildman–Crippen MR) is 75.7 cm³/mol. The van der Waals surface area contributed by atoms with Crippen LogP contribution >= 0.6 is 0 Å². The third kappa shape index (κ3) is 4.22. The monoisotopic (exact) mass is 254 g/mol. The summed E-state index contributed by atoms with van der Waals surface area (Å²) in [7, 11) is 0. The molecule has 2 fully saturated rings. The molecule has 0 spiro atoms. The quantitative estimate of drug-likeness (QED) is 0.636. The van der Waals surface area contributed by atoms with Gasteiger partial charge in [-0.15, -0.1) is 0 Å². The Morgan fingerprint density at radius 3 is 2.83 bits per heavy atom. The number of hydrogen-bond donors (Lipinski definition) is 3. The van der Waals surface area contributed by atoms with Crippen molar-refractivity contribution in [1.82, 2.24) is 10.6 Å². The molecule has 3 N–H and O–H groups in total. The third-order valence-electron chi connectivity index (χ3n) is 4.64. The number of aliphatic hydroxyl groups excluding tert-OH is 1. The van der Waals surface area contributed by atoms with E-state index < -0.39 is 0 Å². The normalized spacial score (nSPS) is 34.7. The Labute approximate surface area is 112 Å². The number of hydrogen-bond acceptors (Lipinski definition) is 3. The van der Waals surface area contributed by atoms with Crippen molar-refractivity contribution < 1.29 is 5.11 Å². The van der Waals surface area contributed by atoms with Gasteiger partial charge in [0.05, 0.1) is 6.10 Å². The summed E-state index contributed by atoms with van der Waals surface area (Å²) < 4.78 is 0. The molecule has 0 radical (unpaired) electrons. The highest BCUT2D eigenvalue weighted by Gasteiger charge is 2.33. The van der Waals surface area contributed by atoms with Crippen LogP contribution in [0.4, 0.5) is 0 Å². The van der Waals surface area contributed by atoms with Crippen LogP contribution in [0, 0.1) is 5.92 Å². The minimum absolute atomic E-state index is 0.147. The maximum atomic E-state index is 9.26. The first-order chi connectivity index (χ1) is 8.77. The molecule has 2 aliphatic rings. The van der Waals surface area contributed by atoms with E-state index in [1.54, 1.807) is 0 Å². The van der Waals surface area contributed by atoms with Gasteiger partial charge in [0.2, 0.25) is 0 Å². The topological polar surface area (TPSA) is 44.3 Å². The zero-order valence-corrected chi connectivity index (χ0v) is 11.8. The molecule has 3 nitrogen and oxygen atoms in total. The van der Waals surface area contributed by atoms with Crippen LogP contribution < -0.4 is 10.6 Å². The second-order valence-electron chi connectivity index (χ2n) is 6.20. The Morgan fingerprint density at radius 2 is 2.11 bits per heavy atom. The zero-order valence-electron chi connectivity index (χ0n) is 11.8. The van der Waals surface area contributed by atoms with Crippen molar-refractivity contribution in [3.8, 4) is 0 Å². The van der Waals surface area contributed by atoms with Crippen molar-refractivity contribution in [3.63, 3.8) is 0 Å². The maximum Gasteiger partial charge on any atom is 0.0512 e. The molecule has 1 heterocycles. The van der Waals surface area contributed by atoms with Crippen molar-refractivity contribution >= 4 is 0 Å². The number of nitrogens with one attached hydrogen (secondary N) is 2. The number of piperidine rings is 1. The third-order valence-corrected chi connectivity index (χ3v) is 4.64. The molecule has 1 aliphatic heterocycles. The van der Waals surface area contributed by atoms with Crippen molar-refractivity contribution in [2.75, 3.05) is 13.1 Å². The molecule has 0 amide bonds. The van der Waals surface area contributed by atoms with E-state index in [0.29, 0.717) is 0 Å². The molecular weight excluding hydrogens is 224 g/mol. The highest BCUT2D eigenvalue weighted by atomic mass is 16.3. The van der Waals surface area contributed by atoms with E-state index in [4.69, 9.17) is 0 Å². The van der Waals surface area contributed by atoms with E-state index in [9.17, 15) is 5.11 Å². The lowest BCUT2D eigenvalue weighted by molar-refractivity contribution is 0.179. The van der Waals surface area contributed by atoms with Crippen LogP contribution in [0.25, 0.3) is 0 Å². The molecule has 3 heteroatoms. The fourth-order valence-corrected chi connectivity index (χ4v) is 3.65. The molecule has 0 aromatic rings. The van der Waals surface area contributed by atoms with Gasteiger partial charge in [0.1, 0.15) is 0 Å². The molecule has 1 saturated heterocycles. The average Bonchev–Trinajstić information content (AvgIpc) is 2.84. The Morgan fingerprint density at radius 1 is 1.22 bits per heavy atom. The fraction of sp³-hybridized carbons (Fsp3) is 1.00. The van der Waals surface area contributed by atoms with Crippen LogP contribution in [0.1, 0.15) is 58.3 Å². The van der Waals surface area contributed by atoms with E-state index in [-0.39, 0.29) is 6.10 Å². The molecule has 106 valence electrons. The molecule has 2 rings (SSSR count). The number of rotatable bonds is 6. The van der Waals surface area contributed by atoms with Gasteiger partial charge >= 0.3 is 0 Å². The first-order valence-electron chi connectivity index (χ1n) is 7.92. The highest BCUT2D eigenvalue weighted by Crippen LogP contribution is 2.31. The Balaban J connectivity index is 1.69. The van der Waals surface area contributed by atoms with E-state index in [0.717, 1.165) is 37.4 Å². The molecule has 0 aromatic heterocycles. The molecular formula is C15H30N2O. The molecule has 18 heavy (non-hydrogen) atoms. The predicted octanol–water partition coefficient (Wildman–Crippen LogP) is 2.05.